The van der Waals surface area contributed by atoms with E-state index in [2.05, 4.69) is 10.1 Å². The van der Waals surface area contributed by atoms with Crippen LogP contribution in [0.1, 0.15) is 5.56 Å². The number of hydrogen-bond donors (Lipinski definition) is 0. The Hall–Kier alpha value is -2.21. The minimum Gasteiger partial charge on any atom is -0.266 e. The Kier molecular flexibility index (Phi) is 3.06. The van der Waals surface area contributed by atoms with Gasteiger partial charge >= 0.3 is 0 Å². The van der Waals surface area contributed by atoms with Crippen molar-refractivity contribution in [1.29, 1.82) is 0 Å². The van der Waals surface area contributed by atoms with E-state index in [4.69, 9.17) is 0 Å². The molecule has 2 heterocycles. The average molecular weight is 301 g/mol. The summed E-state index contributed by atoms with van der Waals surface area (Å²) in [7, 11) is -1.29. The summed E-state index contributed by atoms with van der Waals surface area (Å²) < 4.78 is 24.8. The lowest BCUT2D eigenvalue weighted by Gasteiger charge is -2.06. The molecule has 0 saturated carbocycles. The number of fused-ring (bicyclic) bond motifs is 1. The number of nitrogens with zero attached hydrogens (tertiary/aromatic N) is 3. The molecule has 0 N–H and O–H groups in total. The lowest BCUT2D eigenvalue weighted by atomic mass is 10.1. The van der Waals surface area contributed by atoms with E-state index in [0.29, 0.717) is 4.90 Å². The highest BCUT2D eigenvalue weighted by molar-refractivity contribution is 7.90. The summed E-state index contributed by atoms with van der Waals surface area (Å²) in [6.07, 6.45) is 2.93. The molecular formula is C15H15N3O2S. The summed E-state index contributed by atoms with van der Waals surface area (Å²) in [4.78, 5) is 4.90. The summed E-state index contributed by atoms with van der Waals surface area (Å²) in [5.41, 5.74) is 4.62. The molecule has 3 rings (SSSR count). The zero-order chi connectivity index (χ0) is 15.2. The molecule has 0 atom stereocenters. The second-order valence-electron chi connectivity index (χ2n) is 5.12. The molecule has 0 spiro atoms. The van der Waals surface area contributed by atoms with Crippen molar-refractivity contribution in [2.45, 2.75) is 11.8 Å². The fourth-order valence-electron chi connectivity index (χ4n) is 2.42. The Labute approximate surface area is 123 Å². The minimum absolute atomic E-state index is 0.311. The van der Waals surface area contributed by atoms with Crippen LogP contribution in [0.4, 0.5) is 0 Å². The Morgan fingerprint density at radius 1 is 1.14 bits per heavy atom. The highest BCUT2D eigenvalue weighted by atomic mass is 32.2. The van der Waals surface area contributed by atoms with Gasteiger partial charge in [0.15, 0.2) is 9.84 Å². The third-order valence-corrected chi connectivity index (χ3v) is 4.59. The maximum Gasteiger partial charge on any atom is 0.175 e. The third-order valence-electron chi connectivity index (χ3n) is 3.47. The van der Waals surface area contributed by atoms with Gasteiger partial charge in [0.1, 0.15) is 5.52 Å². The molecule has 0 aliphatic rings. The van der Waals surface area contributed by atoms with E-state index in [1.165, 1.54) is 6.26 Å². The number of aryl methyl sites for hydroxylation is 2. The SMILES string of the molecule is Cc1cc(-c2ccc(S(C)(=O)=O)cc2)nc2cnn(C)c12. The van der Waals surface area contributed by atoms with Gasteiger partial charge in [-0.15, -0.1) is 0 Å². The smallest absolute Gasteiger partial charge is 0.175 e. The largest absolute Gasteiger partial charge is 0.266 e. The first kappa shape index (κ1) is 13.8. The zero-order valence-corrected chi connectivity index (χ0v) is 12.8. The summed E-state index contributed by atoms with van der Waals surface area (Å²) in [5.74, 6) is 0. The quantitative estimate of drug-likeness (QED) is 0.729. The van der Waals surface area contributed by atoms with Gasteiger partial charge < -0.3 is 0 Å². The molecule has 5 nitrogen and oxygen atoms in total. The van der Waals surface area contributed by atoms with Gasteiger partial charge in [-0.1, -0.05) is 12.1 Å². The Bertz CT molecular complexity index is 925. The van der Waals surface area contributed by atoms with Crippen LogP contribution in [0.3, 0.4) is 0 Å². The van der Waals surface area contributed by atoms with Gasteiger partial charge in [0, 0.05) is 18.9 Å². The number of rotatable bonds is 2. The Morgan fingerprint density at radius 2 is 1.81 bits per heavy atom. The van der Waals surface area contributed by atoms with Crippen molar-refractivity contribution < 1.29 is 8.42 Å². The van der Waals surface area contributed by atoms with Crippen molar-refractivity contribution in [3.05, 3.63) is 42.1 Å². The molecule has 2 aromatic heterocycles. The van der Waals surface area contributed by atoms with Gasteiger partial charge in [-0.3, -0.25) is 4.68 Å². The van der Waals surface area contributed by atoms with Crippen molar-refractivity contribution >= 4 is 20.9 Å². The zero-order valence-electron chi connectivity index (χ0n) is 12.0. The van der Waals surface area contributed by atoms with Crippen LogP contribution < -0.4 is 0 Å². The standard InChI is InChI=1S/C15H15N3O2S/c1-10-8-13(17-14-9-16-18(2)15(10)14)11-4-6-12(7-5-11)21(3,19)20/h4-9H,1-3H3. The average Bonchev–Trinajstić information content (AvgIpc) is 2.80. The van der Waals surface area contributed by atoms with Gasteiger partial charge in [-0.2, -0.15) is 5.10 Å². The molecule has 0 fully saturated rings. The van der Waals surface area contributed by atoms with E-state index < -0.39 is 9.84 Å². The topological polar surface area (TPSA) is 64.8 Å². The number of sulfone groups is 1. The van der Waals surface area contributed by atoms with Crippen LogP contribution in [-0.4, -0.2) is 29.4 Å². The first-order valence-electron chi connectivity index (χ1n) is 6.46. The molecule has 0 aliphatic carbocycles. The predicted molar refractivity (Wildman–Crippen MR) is 81.8 cm³/mol. The second-order valence-corrected chi connectivity index (χ2v) is 7.14. The normalized spacial score (nSPS) is 12.0. The van der Waals surface area contributed by atoms with E-state index in [1.54, 1.807) is 35.1 Å². The lowest BCUT2D eigenvalue weighted by molar-refractivity contribution is 0.602. The molecule has 0 aliphatic heterocycles. The fraction of sp³-hybridized carbons (Fsp3) is 0.200. The van der Waals surface area contributed by atoms with Gasteiger partial charge in [0.05, 0.1) is 22.3 Å². The van der Waals surface area contributed by atoms with Crippen LogP contribution in [0.5, 0.6) is 0 Å². The lowest BCUT2D eigenvalue weighted by Crippen LogP contribution is -1.97. The number of pyridine rings is 1. The molecule has 0 radical (unpaired) electrons. The molecule has 0 unspecified atom stereocenters. The van der Waals surface area contributed by atoms with Crippen LogP contribution in [0.15, 0.2) is 41.4 Å². The first-order valence-corrected chi connectivity index (χ1v) is 8.35. The van der Waals surface area contributed by atoms with Crippen molar-refractivity contribution in [2.24, 2.45) is 7.05 Å². The molecule has 3 aromatic rings. The summed E-state index contributed by atoms with van der Waals surface area (Å²) in [5, 5.41) is 4.21. The maximum atomic E-state index is 11.5. The van der Waals surface area contributed by atoms with Gasteiger partial charge in [-0.05, 0) is 30.7 Å². The van der Waals surface area contributed by atoms with Gasteiger partial charge in [-0.25, -0.2) is 13.4 Å². The molecule has 1 aromatic carbocycles. The van der Waals surface area contributed by atoms with Crippen LogP contribution in [0, 0.1) is 6.92 Å². The van der Waals surface area contributed by atoms with E-state index >= 15 is 0 Å². The molecular weight excluding hydrogens is 286 g/mol. The fourth-order valence-corrected chi connectivity index (χ4v) is 3.05. The summed E-state index contributed by atoms with van der Waals surface area (Å²) in [6, 6.07) is 8.75. The van der Waals surface area contributed by atoms with E-state index in [1.807, 2.05) is 20.0 Å². The summed E-state index contributed by atoms with van der Waals surface area (Å²) >= 11 is 0. The van der Waals surface area contributed by atoms with E-state index in [0.717, 1.165) is 27.9 Å². The van der Waals surface area contributed by atoms with Crippen molar-refractivity contribution in [3.63, 3.8) is 0 Å². The van der Waals surface area contributed by atoms with Crippen LogP contribution in [-0.2, 0) is 16.9 Å². The predicted octanol–water partition coefficient (Wildman–Crippen LogP) is 2.35. The van der Waals surface area contributed by atoms with Gasteiger partial charge in [0.25, 0.3) is 0 Å². The Balaban J connectivity index is 2.12. The van der Waals surface area contributed by atoms with Crippen LogP contribution in [0.25, 0.3) is 22.3 Å². The Morgan fingerprint density at radius 3 is 2.43 bits per heavy atom. The van der Waals surface area contributed by atoms with Crippen LogP contribution >= 0.6 is 0 Å². The molecule has 0 saturated heterocycles. The van der Waals surface area contributed by atoms with Crippen LogP contribution in [0.2, 0.25) is 0 Å². The third kappa shape index (κ3) is 2.42. The highest BCUT2D eigenvalue weighted by Crippen LogP contribution is 2.24. The van der Waals surface area contributed by atoms with Crippen molar-refractivity contribution in [3.8, 4) is 11.3 Å². The molecule has 0 bridgehead atoms. The summed E-state index contributed by atoms with van der Waals surface area (Å²) in [6.45, 7) is 2.01. The second kappa shape index (κ2) is 4.66. The molecule has 0 amide bonds. The van der Waals surface area contributed by atoms with E-state index in [-0.39, 0.29) is 0 Å². The van der Waals surface area contributed by atoms with Crippen molar-refractivity contribution in [1.82, 2.24) is 14.8 Å². The number of aromatic nitrogens is 3. The molecule has 21 heavy (non-hydrogen) atoms. The minimum atomic E-state index is -3.18. The molecule has 6 heteroatoms. The number of benzene rings is 1. The number of hydrogen-bond acceptors (Lipinski definition) is 4. The van der Waals surface area contributed by atoms with Gasteiger partial charge in [0.2, 0.25) is 0 Å². The first-order chi connectivity index (χ1) is 9.86. The maximum absolute atomic E-state index is 11.5. The molecule has 108 valence electrons. The monoisotopic (exact) mass is 301 g/mol. The van der Waals surface area contributed by atoms with Crippen molar-refractivity contribution in [2.75, 3.05) is 6.26 Å². The van der Waals surface area contributed by atoms with E-state index in [9.17, 15) is 8.42 Å². The highest BCUT2D eigenvalue weighted by Gasteiger charge is 2.10.